The Balaban J connectivity index is 0.000000274. The van der Waals surface area contributed by atoms with Gasteiger partial charge in [0.05, 0.1) is 12.5 Å². The summed E-state index contributed by atoms with van der Waals surface area (Å²) >= 11 is 3.54. The van der Waals surface area contributed by atoms with Gasteiger partial charge < -0.3 is 9.84 Å². The summed E-state index contributed by atoms with van der Waals surface area (Å²) in [4.78, 5) is -7.00. The smallest absolute Gasteiger partial charge is 0.425 e. The SMILES string of the molecule is C.CCCC1CCC(C2CCC(c3ccc(O)cc3)CC2)CC1.CCCC1CCC(C2CCC(c3ccc(OC(F)(F)C=C(F)F)cc3)CC2)CC1.FC(F)(Br)CC(F)(F)Br. The lowest BCUT2D eigenvalue weighted by Gasteiger charge is -2.38. The maximum atomic E-state index is 13.3. The molecule has 12 heteroatoms. The molecule has 0 unspecified atom stereocenters. The van der Waals surface area contributed by atoms with E-state index in [1.807, 2.05) is 12.1 Å². The van der Waals surface area contributed by atoms with E-state index in [0.29, 0.717) is 11.7 Å². The first kappa shape index (κ1) is 53.5. The molecule has 4 aliphatic carbocycles. The summed E-state index contributed by atoms with van der Waals surface area (Å²) in [7, 11) is 0. The third-order valence-electron chi connectivity index (χ3n) is 13.7. The fourth-order valence-corrected chi connectivity index (χ4v) is 11.7. The Kier molecular flexibility index (Phi) is 22.5. The van der Waals surface area contributed by atoms with Crippen LogP contribution in [0, 0.1) is 35.5 Å². The molecule has 0 radical (unpaired) electrons. The average molecular weight is 1000 g/mol. The number of halogens is 10. The molecule has 348 valence electrons. The van der Waals surface area contributed by atoms with Crippen LogP contribution in [0.4, 0.5) is 35.1 Å². The fourth-order valence-electron chi connectivity index (χ4n) is 10.7. The van der Waals surface area contributed by atoms with E-state index in [0.717, 1.165) is 59.8 Å². The maximum absolute atomic E-state index is 13.3. The van der Waals surface area contributed by atoms with Crippen LogP contribution in [0.2, 0.25) is 0 Å². The van der Waals surface area contributed by atoms with Crippen LogP contribution in [0.3, 0.4) is 0 Å². The van der Waals surface area contributed by atoms with Crippen LogP contribution < -0.4 is 4.74 Å². The number of phenols is 1. The molecule has 0 amide bonds. The van der Waals surface area contributed by atoms with Gasteiger partial charge in [-0.25, -0.2) is 0 Å². The summed E-state index contributed by atoms with van der Waals surface area (Å²) in [6.45, 7) is 4.61. The van der Waals surface area contributed by atoms with Gasteiger partial charge in [0, 0.05) is 0 Å². The van der Waals surface area contributed by atoms with Crippen molar-refractivity contribution in [3.8, 4) is 11.5 Å². The van der Waals surface area contributed by atoms with Gasteiger partial charge in [-0.2, -0.15) is 35.1 Å². The highest BCUT2D eigenvalue weighted by Crippen LogP contribution is 2.46. The fraction of sp³-hybridized carbons (Fsp3) is 0.714. The second kappa shape index (κ2) is 25.6. The molecule has 0 aromatic heterocycles. The summed E-state index contributed by atoms with van der Waals surface area (Å²) in [5.74, 6) is 7.17. The van der Waals surface area contributed by atoms with E-state index in [4.69, 9.17) is 0 Å². The summed E-state index contributed by atoms with van der Waals surface area (Å²) in [6, 6.07) is 14.4. The summed E-state index contributed by atoms with van der Waals surface area (Å²) in [6.07, 6.45) is 18.9. The third-order valence-corrected chi connectivity index (χ3v) is 14.3. The highest BCUT2D eigenvalue weighted by molar-refractivity contribution is 9.10. The molecular weight excluding hydrogens is 932 g/mol. The Hall–Kier alpha value is -1.82. The standard InChI is InChI=1S/C24H32F4O.C21H32O.C3H2Br2F4.CH4/c1-2-3-17-4-6-18(7-5-17)19-8-10-20(11-9-19)21-12-14-22(15-13-21)29-24(27,28)16-23(25)26;1-2-3-16-4-6-17(7-5-16)18-8-10-19(11-9-18)20-12-14-21(22)15-13-20;4-2(6,7)1-3(5,8)9;/h12-20H,2-11H2,1H3;12-19,22H,2-11H2,1H3;1H2;1H4. The normalized spacial score (nSPS) is 27.2. The van der Waals surface area contributed by atoms with Crippen LogP contribution in [-0.4, -0.2) is 20.9 Å². The lowest BCUT2D eigenvalue weighted by atomic mass is 9.68. The number of phenolic OH excluding ortho intramolecular Hbond substituents is 1. The Bertz CT molecular complexity index is 1500. The van der Waals surface area contributed by atoms with Crippen molar-refractivity contribution >= 4 is 31.9 Å². The van der Waals surface area contributed by atoms with Crippen LogP contribution in [0.15, 0.2) is 60.7 Å². The Morgan fingerprint density at radius 1 is 0.574 bits per heavy atom. The van der Waals surface area contributed by atoms with Crippen molar-refractivity contribution in [3.05, 3.63) is 71.8 Å². The van der Waals surface area contributed by atoms with Crippen LogP contribution in [-0.2, 0) is 0 Å². The molecule has 2 nitrogen and oxygen atoms in total. The first-order valence-corrected chi connectivity index (χ1v) is 24.0. The van der Waals surface area contributed by atoms with Crippen LogP contribution in [0.25, 0.3) is 0 Å². The lowest BCUT2D eigenvalue weighted by molar-refractivity contribution is -0.133. The van der Waals surface area contributed by atoms with Gasteiger partial charge in [0.25, 0.3) is 6.08 Å². The number of benzene rings is 2. The highest BCUT2D eigenvalue weighted by Gasteiger charge is 2.39. The van der Waals surface area contributed by atoms with Crippen LogP contribution >= 0.6 is 31.9 Å². The number of ether oxygens (including phenoxy) is 1. The quantitative estimate of drug-likeness (QED) is 0.160. The van der Waals surface area contributed by atoms with E-state index in [9.17, 15) is 40.2 Å². The zero-order chi connectivity index (χ0) is 43.9. The molecule has 0 spiro atoms. The topological polar surface area (TPSA) is 29.5 Å². The van der Waals surface area contributed by atoms with Gasteiger partial charge in [0.2, 0.25) is 0 Å². The third kappa shape index (κ3) is 19.9. The van der Waals surface area contributed by atoms with Crippen molar-refractivity contribution in [1.29, 1.82) is 0 Å². The minimum absolute atomic E-state index is 0. The number of hydrogen-bond acceptors (Lipinski definition) is 2. The number of hydrogen-bond donors (Lipinski definition) is 1. The average Bonchev–Trinajstić information content (AvgIpc) is 3.18. The van der Waals surface area contributed by atoms with Crippen molar-refractivity contribution in [2.75, 3.05) is 0 Å². The largest absolute Gasteiger partial charge is 0.508 e. The van der Waals surface area contributed by atoms with E-state index < -0.39 is 34.3 Å². The van der Waals surface area contributed by atoms with Gasteiger partial charge in [0.1, 0.15) is 11.5 Å². The zero-order valence-electron chi connectivity index (χ0n) is 35.3. The molecule has 0 saturated heterocycles. The van der Waals surface area contributed by atoms with Crippen LogP contribution in [0.1, 0.15) is 179 Å². The Labute approximate surface area is 377 Å². The summed E-state index contributed by atoms with van der Waals surface area (Å²) in [5.41, 5.74) is 2.56. The molecule has 4 fully saturated rings. The maximum Gasteiger partial charge on any atom is 0.425 e. The minimum Gasteiger partial charge on any atom is -0.508 e. The summed E-state index contributed by atoms with van der Waals surface area (Å²) < 4.78 is 102. The molecular formula is C49H70Br2F8O2. The van der Waals surface area contributed by atoms with Gasteiger partial charge in [0.15, 0.2) is 0 Å². The molecule has 4 saturated carbocycles. The van der Waals surface area contributed by atoms with Crippen molar-refractivity contribution in [2.24, 2.45) is 35.5 Å². The predicted molar refractivity (Wildman–Crippen MR) is 240 cm³/mol. The van der Waals surface area contributed by atoms with E-state index in [1.165, 1.54) is 133 Å². The zero-order valence-corrected chi connectivity index (χ0v) is 38.5. The van der Waals surface area contributed by atoms with E-state index in [1.54, 1.807) is 44.0 Å². The molecule has 1 N–H and O–H groups in total. The minimum atomic E-state index is -4.01. The summed E-state index contributed by atoms with van der Waals surface area (Å²) in [5, 5.41) is 9.43. The monoisotopic (exact) mass is 1000 g/mol. The van der Waals surface area contributed by atoms with Gasteiger partial charge in [-0.15, -0.1) is 0 Å². The first-order chi connectivity index (χ1) is 28.3. The molecule has 4 aliphatic rings. The van der Waals surface area contributed by atoms with Gasteiger partial charge in [-0.3, -0.25) is 0 Å². The van der Waals surface area contributed by atoms with E-state index in [2.05, 4.69) is 30.7 Å². The molecule has 0 bridgehead atoms. The molecule has 6 rings (SSSR count). The second-order valence-electron chi connectivity index (χ2n) is 18.0. The molecule has 2 aromatic rings. The lowest BCUT2D eigenvalue weighted by Crippen LogP contribution is -2.25. The van der Waals surface area contributed by atoms with Gasteiger partial charge >= 0.3 is 15.8 Å². The number of rotatable bonds is 13. The molecule has 61 heavy (non-hydrogen) atoms. The van der Waals surface area contributed by atoms with E-state index in [-0.39, 0.29) is 13.2 Å². The van der Waals surface area contributed by atoms with Gasteiger partial charge in [-0.05, 0) is 192 Å². The van der Waals surface area contributed by atoms with Crippen molar-refractivity contribution in [1.82, 2.24) is 0 Å². The number of alkyl halides is 8. The number of aromatic hydroxyl groups is 1. The van der Waals surface area contributed by atoms with Crippen molar-refractivity contribution in [3.63, 3.8) is 0 Å². The second-order valence-corrected chi connectivity index (χ2v) is 20.3. The highest BCUT2D eigenvalue weighted by atomic mass is 79.9. The predicted octanol–water partition coefficient (Wildman–Crippen LogP) is 18.6. The van der Waals surface area contributed by atoms with Crippen LogP contribution in [0.5, 0.6) is 11.5 Å². The molecule has 0 atom stereocenters. The molecule has 0 heterocycles. The van der Waals surface area contributed by atoms with Crippen molar-refractivity contribution < 1.29 is 45.0 Å². The molecule has 0 aliphatic heterocycles. The first-order valence-electron chi connectivity index (χ1n) is 22.5. The Morgan fingerprint density at radius 3 is 1.20 bits per heavy atom. The van der Waals surface area contributed by atoms with Crippen molar-refractivity contribution in [2.45, 2.75) is 184 Å². The van der Waals surface area contributed by atoms with Gasteiger partial charge in [-0.1, -0.05) is 96.9 Å². The molecule has 2 aromatic carbocycles. The van der Waals surface area contributed by atoms with E-state index >= 15 is 0 Å². The Morgan fingerprint density at radius 2 is 0.902 bits per heavy atom.